The molecule has 2 heterocycles. The third kappa shape index (κ3) is 4.83. The average molecular weight is 676 g/mol. The van der Waals surface area contributed by atoms with Crippen molar-refractivity contribution in [3.63, 3.8) is 0 Å². The Kier molecular flexibility index (Phi) is 6.80. The SMILES string of the molecule is CN1C(c2ccc3ccccc3c2)=NC(c2cc3ccccc3c3ccccc23)=NC1c1cccc2oc3cc(Cl)c(-c4ccccc4)cc3c12. The summed E-state index contributed by atoms with van der Waals surface area (Å²) in [6.45, 7) is 0. The van der Waals surface area contributed by atoms with Gasteiger partial charge in [0, 0.05) is 46.1 Å². The van der Waals surface area contributed by atoms with E-state index in [0.29, 0.717) is 10.9 Å². The van der Waals surface area contributed by atoms with Crippen LogP contribution in [-0.2, 0) is 0 Å². The summed E-state index contributed by atoms with van der Waals surface area (Å²) in [5, 5.41) is 9.68. The first-order valence-electron chi connectivity index (χ1n) is 17.1. The van der Waals surface area contributed by atoms with Gasteiger partial charge in [-0.1, -0.05) is 139 Å². The summed E-state index contributed by atoms with van der Waals surface area (Å²) < 4.78 is 6.49. The fourth-order valence-corrected chi connectivity index (χ4v) is 7.96. The maximum absolute atomic E-state index is 6.88. The maximum atomic E-state index is 6.88. The number of aliphatic imine (C=N–C) groups is 2. The maximum Gasteiger partial charge on any atom is 0.160 e. The number of furan rings is 1. The molecule has 0 radical (unpaired) electrons. The van der Waals surface area contributed by atoms with E-state index in [1.807, 2.05) is 30.3 Å². The highest BCUT2D eigenvalue weighted by atomic mass is 35.5. The second kappa shape index (κ2) is 11.7. The number of amidine groups is 2. The normalized spacial score (nSPS) is 14.9. The molecule has 242 valence electrons. The Labute approximate surface area is 299 Å². The van der Waals surface area contributed by atoms with Crippen LogP contribution in [-0.4, -0.2) is 23.6 Å². The van der Waals surface area contributed by atoms with Crippen LogP contribution in [0.25, 0.3) is 65.4 Å². The van der Waals surface area contributed by atoms with Gasteiger partial charge in [-0.25, -0.2) is 9.98 Å². The van der Waals surface area contributed by atoms with Gasteiger partial charge in [-0.2, -0.15) is 0 Å². The number of hydrogen-bond acceptors (Lipinski definition) is 4. The van der Waals surface area contributed by atoms with Crippen LogP contribution in [0.1, 0.15) is 22.9 Å². The number of hydrogen-bond donors (Lipinski definition) is 0. The lowest BCUT2D eigenvalue weighted by molar-refractivity contribution is 0.385. The zero-order valence-corrected chi connectivity index (χ0v) is 28.5. The Morgan fingerprint density at radius 1 is 0.549 bits per heavy atom. The first kappa shape index (κ1) is 29.7. The molecule has 1 atom stereocenters. The lowest BCUT2D eigenvalue weighted by atomic mass is 9.96. The van der Waals surface area contributed by atoms with Gasteiger partial charge in [0.2, 0.25) is 0 Å². The summed E-state index contributed by atoms with van der Waals surface area (Å²) in [6, 6.07) is 54.9. The molecule has 0 fully saturated rings. The minimum Gasteiger partial charge on any atom is -0.456 e. The summed E-state index contributed by atoms with van der Waals surface area (Å²) in [6.07, 6.45) is -0.399. The first-order valence-corrected chi connectivity index (χ1v) is 17.5. The van der Waals surface area contributed by atoms with Crippen LogP contribution < -0.4 is 0 Å². The van der Waals surface area contributed by atoms with E-state index in [1.165, 1.54) is 16.2 Å². The highest BCUT2D eigenvalue weighted by Gasteiger charge is 2.30. The Morgan fingerprint density at radius 2 is 1.27 bits per heavy atom. The molecule has 9 aromatic rings. The van der Waals surface area contributed by atoms with Crippen LogP contribution in [0.3, 0.4) is 0 Å². The van der Waals surface area contributed by atoms with Crippen molar-refractivity contribution in [2.24, 2.45) is 9.98 Å². The molecule has 0 bridgehead atoms. The molecular formula is C46H30ClN3O. The predicted octanol–water partition coefficient (Wildman–Crippen LogP) is 12.2. The Morgan fingerprint density at radius 3 is 2.12 bits per heavy atom. The molecule has 51 heavy (non-hydrogen) atoms. The van der Waals surface area contributed by atoms with E-state index >= 15 is 0 Å². The van der Waals surface area contributed by atoms with Crippen LogP contribution in [0.5, 0.6) is 0 Å². The Hall–Kier alpha value is -6.23. The van der Waals surface area contributed by atoms with Crippen molar-refractivity contribution in [2.45, 2.75) is 6.17 Å². The number of halogens is 1. The van der Waals surface area contributed by atoms with E-state index in [0.717, 1.165) is 71.8 Å². The van der Waals surface area contributed by atoms with Crippen LogP contribution in [0.2, 0.25) is 5.02 Å². The summed E-state index contributed by atoms with van der Waals surface area (Å²) in [5.41, 5.74) is 6.62. The highest BCUT2D eigenvalue weighted by molar-refractivity contribution is 6.34. The van der Waals surface area contributed by atoms with E-state index in [1.54, 1.807) is 0 Å². The highest BCUT2D eigenvalue weighted by Crippen LogP contribution is 2.42. The number of benzene rings is 8. The van der Waals surface area contributed by atoms with Crippen molar-refractivity contribution >= 4 is 77.5 Å². The second-order valence-electron chi connectivity index (χ2n) is 13.1. The molecule has 1 aromatic heterocycles. The predicted molar refractivity (Wildman–Crippen MR) is 213 cm³/mol. The van der Waals surface area contributed by atoms with E-state index in [9.17, 15) is 0 Å². The molecule has 10 rings (SSSR count). The third-order valence-electron chi connectivity index (χ3n) is 10.2. The van der Waals surface area contributed by atoms with Crippen molar-refractivity contribution in [3.8, 4) is 11.1 Å². The molecule has 1 aliphatic heterocycles. The number of nitrogens with zero attached hydrogens (tertiary/aromatic N) is 3. The summed E-state index contributed by atoms with van der Waals surface area (Å²) >= 11 is 6.88. The molecule has 8 aromatic carbocycles. The zero-order chi connectivity index (χ0) is 34.1. The van der Waals surface area contributed by atoms with Crippen LogP contribution >= 0.6 is 11.6 Å². The van der Waals surface area contributed by atoms with Gasteiger partial charge in [0.25, 0.3) is 0 Å². The summed E-state index contributed by atoms with van der Waals surface area (Å²) in [5.74, 6) is 1.55. The van der Waals surface area contributed by atoms with Gasteiger partial charge in [0.05, 0.1) is 5.02 Å². The van der Waals surface area contributed by atoms with Crippen LogP contribution in [0.4, 0.5) is 0 Å². The van der Waals surface area contributed by atoms with Gasteiger partial charge < -0.3 is 9.32 Å². The van der Waals surface area contributed by atoms with Crippen molar-refractivity contribution in [1.29, 1.82) is 0 Å². The van der Waals surface area contributed by atoms with Gasteiger partial charge in [-0.3, -0.25) is 0 Å². The van der Waals surface area contributed by atoms with E-state index in [-0.39, 0.29) is 0 Å². The molecule has 1 unspecified atom stereocenters. The first-order chi connectivity index (χ1) is 25.1. The molecule has 4 nitrogen and oxygen atoms in total. The van der Waals surface area contributed by atoms with Crippen molar-refractivity contribution in [3.05, 3.63) is 179 Å². The molecule has 0 amide bonds. The number of fused-ring (bicyclic) bond motifs is 7. The van der Waals surface area contributed by atoms with E-state index in [4.69, 9.17) is 26.0 Å². The van der Waals surface area contributed by atoms with Crippen molar-refractivity contribution < 1.29 is 4.42 Å². The molecule has 1 aliphatic rings. The number of rotatable bonds is 4. The monoisotopic (exact) mass is 675 g/mol. The Balaban J connectivity index is 1.24. The van der Waals surface area contributed by atoms with Gasteiger partial charge >= 0.3 is 0 Å². The minimum atomic E-state index is -0.399. The van der Waals surface area contributed by atoms with E-state index in [2.05, 4.69) is 139 Å². The second-order valence-corrected chi connectivity index (χ2v) is 13.5. The zero-order valence-electron chi connectivity index (χ0n) is 27.7. The van der Waals surface area contributed by atoms with Crippen LogP contribution in [0, 0.1) is 0 Å². The van der Waals surface area contributed by atoms with E-state index < -0.39 is 6.17 Å². The smallest absolute Gasteiger partial charge is 0.160 e. The van der Waals surface area contributed by atoms with Crippen molar-refractivity contribution in [1.82, 2.24) is 4.90 Å². The summed E-state index contributed by atoms with van der Waals surface area (Å²) in [7, 11) is 2.09. The van der Waals surface area contributed by atoms with Gasteiger partial charge in [0.15, 0.2) is 12.0 Å². The van der Waals surface area contributed by atoms with Crippen LogP contribution in [0.15, 0.2) is 172 Å². The molecule has 0 spiro atoms. The molecule has 0 aliphatic carbocycles. The Bertz CT molecular complexity index is 2910. The third-order valence-corrected chi connectivity index (χ3v) is 10.5. The minimum absolute atomic E-state index is 0.399. The van der Waals surface area contributed by atoms with Gasteiger partial charge in [0.1, 0.15) is 17.0 Å². The van der Waals surface area contributed by atoms with Crippen molar-refractivity contribution in [2.75, 3.05) is 7.05 Å². The lowest BCUT2D eigenvalue weighted by Gasteiger charge is -2.33. The lowest BCUT2D eigenvalue weighted by Crippen LogP contribution is -2.35. The fraction of sp³-hybridized carbons (Fsp3) is 0.0435. The standard InChI is InChI=1S/C46H30ClN3O/c1-50-45(32-23-22-28-12-5-6-15-30(28)24-32)48-44(38-25-31-16-7-8-17-33(31)34-18-9-10-19-35(34)38)49-46(50)36-20-11-21-41-43(36)39-26-37(29-13-3-2-4-14-29)40(47)27-42(39)51-41/h2-27,46H,1H3. The molecule has 0 N–H and O–H groups in total. The average Bonchev–Trinajstić information content (AvgIpc) is 3.55. The molecule has 5 heteroatoms. The molecule has 0 saturated heterocycles. The summed E-state index contributed by atoms with van der Waals surface area (Å²) in [4.78, 5) is 13.1. The molecule has 0 saturated carbocycles. The van der Waals surface area contributed by atoms with Gasteiger partial charge in [-0.15, -0.1) is 0 Å². The fourth-order valence-electron chi connectivity index (χ4n) is 7.70. The van der Waals surface area contributed by atoms with Gasteiger partial charge in [-0.05, 0) is 62.1 Å². The topological polar surface area (TPSA) is 41.1 Å². The molecular weight excluding hydrogens is 646 g/mol. The quantitative estimate of drug-likeness (QED) is 0.174. The largest absolute Gasteiger partial charge is 0.456 e.